The van der Waals surface area contributed by atoms with Crippen molar-refractivity contribution in [3.8, 4) is 0 Å². The van der Waals surface area contributed by atoms with Gasteiger partial charge in [0.05, 0.1) is 6.04 Å². The summed E-state index contributed by atoms with van der Waals surface area (Å²) in [4.78, 5) is 6.61. The van der Waals surface area contributed by atoms with Gasteiger partial charge in [0.15, 0.2) is 0 Å². The Labute approximate surface area is 124 Å². The predicted molar refractivity (Wildman–Crippen MR) is 86.2 cm³/mol. The van der Waals surface area contributed by atoms with E-state index in [9.17, 15) is 0 Å². The molecule has 0 aliphatic rings. The van der Waals surface area contributed by atoms with Crippen molar-refractivity contribution in [2.24, 2.45) is 0 Å². The Hall–Kier alpha value is -0.680. The van der Waals surface area contributed by atoms with E-state index < -0.39 is 0 Å². The summed E-state index contributed by atoms with van der Waals surface area (Å²) in [5, 5.41) is 5.74. The van der Waals surface area contributed by atoms with Crippen LogP contribution in [0, 0.1) is 0 Å². The molecule has 0 spiro atoms. The lowest BCUT2D eigenvalue weighted by atomic mass is 10.2. The lowest BCUT2D eigenvalue weighted by molar-refractivity contribution is 0.292. The highest BCUT2D eigenvalue weighted by Gasteiger charge is 2.14. The highest BCUT2D eigenvalue weighted by Crippen LogP contribution is 2.23. The number of nitrogens with zero attached hydrogens (tertiary/aromatic N) is 1. The first-order chi connectivity index (χ1) is 9.20. The van der Waals surface area contributed by atoms with Gasteiger partial charge in [0, 0.05) is 27.7 Å². The molecule has 0 radical (unpaired) electrons. The van der Waals surface area contributed by atoms with Crippen molar-refractivity contribution < 1.29 is 0 Å². The van der Waals surface area contributed by atoms with Gasteiger partial charge in [-0.15, -0.1) is 22.7 Å². The summed E-state index contributed by atoms with van der Waals surface area (Å²) >= 11 is 3.75. The van der Waals surface area contributed by atoms with Crippen molar-refractivity contribution >= 4 is 22.7 Å². The molecule has 2 aromatic rings. The topological polar surface area (TPSA) is 15.3 Å². The van der Waals surface area contributed by atoms with Gasteiger partial charge < -0.3 is 10.2 Å². The van der Waals surface area contributed by atoms with E-state index in [0.717, 1.165) is 19.5 Å². The van der Waals surface area contributed by atoms with Crippen molar-refractivity contribution in [2.75, 3.05) is 20.6 Å². The highest BCUT2D eigenvalue weighted by atomic mass is 32.1. The molecule has 0 saturated carbocycles. The molecular weight excluding hydrogens is 272 g/mol. The number of nitrogens with one attached hydrogen (secondary N) is 1. The molecule has 2 rings (SSSR count). The Bertz CT molecular complexity index is 474. The number of likely N-dealkylation sites (N-methyl/N-ethyl adjacent to an activating group) is 1. The summed E-state index contributed by atoms with van der Waals surface area (Å²) in [7, 11) is 4.29. The summed E-state index contributed by atoms with van der Waals surface area (Å²) in [6.45, 7) is 4.18. The van der Waals surface area contributed by atoms with E-state index in [1.165, 1.54) is 14.6 Å². The van der Waals surface area contributed by atoms with Gasteiger partial charge in [0.2, 0.25) is 0 Å². The van der Waals surface area contributed by atoms with E-state index in [2.05, 4.69) is 60.9 Å². The van der Waals surface area contributed by atoms with Crippen molar-refractivity contribution in [1.29, 1.82) is 0 Å². The second-order valence-corrected chi connectivity index (χ2v) is 7.08. The van der Waals surface area contributed by atoms with Crippen LogP contribution in [-0.4, -0.2) is 25.5 Å². The van der Waals surface area contributed by atoms with E-state index in [1.807, 2.05) is 22.7 Å². The molecular formula is C15H22N2S2. The first-order valence-electron chi connectivity index (χ1n) is 6.68. The third-order valence-corrected chi connectivity index (χ3v) is 5.40. The zero-order chi connectivity index (χ0) is 13.7. The first kappa shape index (κ1) is 14.7. The molecule has 2 heterocycles. The summed E-state index contributed by atoms with van der Waals surface area (Å²) in [5.74, 6) is 0. The summed E-state index contributed by atoms with van der Waals surface area (Å²) < 4.78 is 0. The molecule has 2 nitrogen and oxygen atoms in total. The van der Waals surface area contributed by atoms with Crippen LogP contribution in [0.3, 0.4) is 0 Å². The van der Waals surface area contributed by atoms with Gasteiger partial charge in [-0.3, -0.25) is 0 Å². The van der Waals surface area contributed by atoms with Crippen LogP contribution in [0.1, 0.15) is 27.6 Å². The Morgan fingerprint density at radius 3 is 2.58 bits per heavy atom. The van der Waals surface area contributed by atoms with Crippen LogP contribution in [0.2, 0.25) is 0 Å². The van der Waals surface area contributed by atoms with Crippen LogP contribution < -0.4 is 5.32 Å². The summed E-state index contributed by atoms with van der Waals surface area (Å²) in [5.41, 5.74) is 0. The van der Waals surface area contributed by atoms with E-state index in [0.29, 0.717) is 6.04 Å². The van der Waals surface area contributed by atoms with Gasteiger partial charge in [-0.05, 0) is 44.1 Å². The van der Waals surface area contributed by atoms with Crippen LogP contribution >= 0.6 is 22.7 Å². The standard InChI is InChI=1S/C15H22N2S2/c1-4-12-7-8-13(19-12)10-16-11-14(17(2)3)15-6-5-9-18-15/h5-9,14,16H,4,10-11H2,1-3H3. The second kappa shape index (κ2) is 7.20. The average molecular weight is 294 g/mol. The highest BCUT2D eigenvalue weighted by molar-refractivity contribution is 7.12. The van der Waals surface area contributed by atoms with E-state index in [1.54, 1.807) is 0 Å². The van der Waals surface area contributed by atoms with Crippen LogP contribution in [0.15, 0.2) is 29.6 Å². The third-order valence-electron chi connectivity index (χ3n) is 3.20. The Morgan fingerprint density at radius 2 is 2.00 bits per heavy atom. The monoisotopic (exact) mass is 294 g/mol. The van der Waals surface area contributed by atoms with Crippen LogP contribution in [0.4, 0.5) is 0 Å². The number of rotatable bonds is 7. The molecule has 4 heteroatoms. The molecule has 0 aromatic carbocycles. The molecule has 0 aliphatic carbocycles. The molecule has 19 heavy (non-hydrogen) atoms. The summed E-state index contributed by atoms with van der Waals surface area (Å²) in [6, 6.07) is 9.29. The molecule has 1 unspecified atom stereocenters. The van der Waals surface area contributed by atoms with Crippen molar-refractivity contribution in [3.05, 3.63) is 44.3 Å². The smallest absolute Gasteiger partial charge is 0.0561 e. The molecule has 104 valence electrons. The maximum absolute atomic E-state index is 3.58. The number of aryl methyl sites for hydroxylation is 1. The normalized spacial score (nSPS) is 13.1. The fourth-order valence-electron chi connectivity index (χ4n) is 2.06. The number of thiophene rings is 2. The SMILES string of the molecule is CCc1ccc(CNCC(c2cccs2)N(C)C)s1. The van der Waals surface area contributed by atoms with E-state index >= 15 is 0 Å². The Morgan fingerprint density at radius 1 is 1.21 bits per heavy atom. The van der Waals surface area contributed by atoms with Gasteiger partial charge in [0.1, 0.15) is 0 Å². The van der Waals surface area contributed by atoms with Gasteiger partial charge >= 0.3 is 0 Å². The number of hydrogen-bond donors (Lipinski definition) is 1. The van der Waals surface area contributed by atoms with Crippen molar-refractivity contribution in [1.82, 2.24) is 10.2 Å². The maximum Gasteiger partial charge on any atom is 0.0561 e. The molecule has 2 aromatic heterocycles. The Kier molecular flexibility index (Phi) is 5.58. The van der Waals surface area contributed by atoms with Crippen molar-refractivity contribution in [3.63, 3.8) is 0 Å². The van der Waals surface area contributed by atoms with Gasteiger partial charge in [0.25, 0.3) is 0 Å². The molecule has 0 amide bonds. The average Bonchev–Trinajstić information content (AvgIpc) is 3.05. The van der Waals surface area contributed by atoms with Crippen LogP contribution in [0.5, 0.6) is 0 Å². The fraction of sp³-hybridized carbons (Fsp3) is 0.467. The zero-order valence-electron chi connectivity index (χ0n) is 11.8. The quantitative estimate of drug-likeness (QED) is 0.836. The minimum Gasteiger partial charge on any atom is -0.310 e. The number of hydrogen-bond acceptors (Lipinski definition) is 4. The summed E-state index contributed by atoms with van der Waals surface area (Å²) in [6.07, 6.45) is 1.14. The molecule has 0 saturated heterocycles. The molecule has 0 fully saturated rings. The van der Waals surface area contributed by atoms with Gasteiger partial charge in [-0.1, -0.05) is 13.0 Å². The van der Waals surface area contributed by atoms with Gasteiger partial charge in [-0.2, -0.15) is 0 Å². The van der Waals surface area contributed by atoms with Crippen molar-refractivity contribution in [2.45, 2.75) is 25.9 Å². The van der Waals surface area contributed by atoms with Crippen LogP contribution in [-0.2, 0) is 13.0 Å². The Balaban J connectivity index is 1.86. The lowest BCUT2D eigenvalue weighted by Crippen LogP contribution is -2.30. The largest absolute Gasteiger partial charge is 0.310 e. The first-order valence-corrected chi connectivity index (χ1v) is 8.38. The molecule has 0 bridgehead atoms. The molecule has 1 atom stereocenters. The second-order valence-electron chi connectivity index (χ2n) is 4.85. The predicted octanol–water partition coefficient (Wildman–Crippen LogP) is 3.76. The zero-order valence-corrected chi connectivity index (χ0v) is 13.5. The van der Waals surface area contributed by atoms with E-state index in [-0.39, 0.29) is 0 Å². The minimum atomic E-state index is 0.464. The van der Waals surface area contributed by atoms with E-state index in [4.69, 9.17) is 0 Å². The lowest BCUT2D eigenvalue weighted by Gasteiger charge is -2.23. The molecule has 0 aliphatic heterocycles. The fourth-order valence-corrected chi connectivity index (χ4v) is 3.91. The maximum atomic E-state index is 3.58. The minimum absolute atomic E-state index is 0.464. The van der Waals surface area contributed by atoms with Crippen LogP contribution in [0.25, 0.3) is 0 Å². The molecule has 1 N–H and O–H groups in total. The van der Waals surface area contributed by atoms with Gasteiger partial charge in [-0.25, -0.2) is 0 Å². The third kappa shape index (κ3) is 4.14.